The number of furan rings is 1. The van der Waals surface area contributed by atoms with Crippen LogP contribution in [0.2, 0.25) is 0 Å². The van der Waals surface area contributed by atoms with Gasteiger partial charge in [-0.2, -0.15) is 9.97 Å². The number of aromatic nitrogens is 4. The highest BCUT2D eigenvalue weighted by atomic mass is 32.1. The predicted molar refractivity (Wildman–Crippen MR) is 211 cm³/mol. The Morgan fingerprint density at radius 1 is 0.529 bits per heavy atom. The summed E-state index contributed by atoms with van der Waals surface area (Å²) in [6, 6.07) is 23.0. The molecule has 0 saturated heterocycles. The summed E-state index contributed by atoms with van der Waals surface area (Å²) in [5.41, 5.74) is 1.15. The van der Waals surface area contributed by atoms with E-state index in [0.29, 0.717) is 16.6 Å². The van der Waals surface area contributed by atoms with Crippen LogP contribution in [0.15, 0.2) is 162 Å². The van der Waals surface area contributed by atoms with Crippen LogP contribution < -0.4 is 0 Å². The Hall–Kier alpha value is -6.63. The SMILES string of the molecule is [2H]c1c([2H])c([2H])c(-c2nc(-c3c([2H])c([2H])c4c(oc5c([2H])c([2H])c([2H])c(-c6ccccc6)c54)c3[2H])nc(-n3c4ccccc4c4c5sc6ccccc6c5ccc43)n2)c([2H])c1[2H]. The van der Waals surface area contributed by atoms with E-state index in [1.165, 1.54) is 0 Å². The molecule has 0 fully saturated rings. The largest absolute Gasteiger partial charge is 0.456 e. The first kappa shape index (κ1) is 19.5. The van der Waals surface area contributed by atoms with Gasteiger partial charge in [-0.3, -0.25) is 4.57 Å². The maximum Gasteiger partial charge on any atom is 0.238 e. The van der Waals surface area contributed by atoms with E-state index in [0.717, 1.165) is 30.9 Å². The fraction of sp³-hybridized carbons (Fsp3) is 0. The van der Waals surface area contributed by atoms with Gasteiger partial charge in [0.15, 0.2) is 11.6 Å². The maximum atomic E-state index is 9.59. The number of benzene rings is 7. The highest BCUT2D eigenvalue weighted by Crippen LogP contribution is 2.43. The van der Waals surface area contributed by atoms with Gasteiger partial charge in [0.1, 0.15) is 11.2 Å². The van der Waals surface area contributed by atoms with Crippen LogP contribution in [-0.4, -0.2) is 19.5 Å². The fourth-order valence-corrected chi connectivity index (χ4v) is 8.14. The predicted octanol–water partition coefficient (Wildman–Crippen LogP) is 12.2. The molecule has 0 saturated carbocycles. The second-order valence-corrected chi connectivity index (χ2v) is 13.0. The molecule has 4 heterocycles. The zero-order valence-electron chi connectivity index (χ0n) is 37.3. The molecule has 0 aliphatic heterocycles. The third-order valence-corrected chi connectivity index (χ3v) is 10.3. The van der Waals surface area contributed by atoms with Crippen LogP contribution in [0, 0.1) is 0 Å². The average Bonchev–Trinajstić information content (AvgIpc) is 3.97. The zero-order chi connectivity index (χ0) is 43.0. The molecule has 0 unspecified atom stereocenters. The molecular formula is C45H26N4OS. The van der Waals surface area contributed by atoms with E-state index in [2.05, 4.69) is 17.1 Å². The van der Waals surface area contributed by atoms with Gasteiger partial charge in [-0.15, -0.1) is 11.3 Å². The number of rotatable bonds is 4. The first-order chi connectivity index (χ1) is 29.9. The molecule has 0 N–H and O–H groups in total. The summed E-state index contributed by atoms with van der Waals surface area (Å²) in [5, 5.41) is 4.07. The minimum absolute atomic E-state index is 0.00512. The minimum Gasteiger partial charge on any atom is -0.456 e. The second kappa shape index (κ2) is 10.9. The standard InChI is InChI=1S/C45H26N4OS/c1-3-12-27(13-4-1)30-18-11-20-37-40(30)34-23-22-29(26-38(34)50-37)44-46-43(28-14-5-2-6-15-28)47-45(48-44)49-35-19-9-7-17-33(35)41-36(49)25-24-32-31-16-8-10-21-39(31)51-42(32)41/h1-26H/i2D,5D,6D,11D,14D,15D,18D,20D,22D,23D,26D. The van der Waals surface area contributed by atoms with Gasteiger partial charge in [-0.1, -0.05) is 121 Å². The van der Waals surface area contributed by atoms with E-state index in [4.69, 9.17) is 25.4 Å². The molecule has 0 bridgehead atoms. The summed E-state index contributed by atoms with van der Waals surface area (Å²) in [6.07, 6.45) is 0. The smallest absolute Gasteiger partial charge is 0.238 e. The monoisotopic (exact) mass is 681 g/mol. The molecule has 238 valence electrons. The fourth-order valence-electron chi connectivity index (χ4n) is 6.88. The molecule has 0 radical (unpaired) electrons. The summed E-state index contributed by atoms with van der Waals surface area (Å²) in [4.78, 5) is 14.3. The van der Waals surface area contributed by atoms with Crippen LogP contribution in [0.5, 0.6) is 0 Å². The third-order valence-electron chi connectivity index (χ3n) is 9.09. The van der Waals surface area contributed by atoms with Gasteiger partial charge >= 0.3 is 0 Å². The Bertz CT molecular complexity index is 3760. The minimum atomic E-state index is -0.615. The second-order valence-electron chi connectivity index (χ2n) is 11.9. The highest BCUT2D eigenvalue weighted by Gasteiger charge is 2.21. The summed E-state index contributed by atoms with van der Waals surface area (Å²) < 4.78 is 108. The molecule has 11 aromatic rings. The topological polar surface area (TPSA) is 56.7 Å². The molecule has 0 spiro atoms. The third kappa shape index (κ3) is 4.30. The lowest BCUT2D eigenvalue weighted by Gasteiger charge is -2.11. The Morgan fingerprint density at radius 3 is 2.20 bits per heavy atom. The van der Waals surface area contributed by atoms with Gasteiger partial charge < -0.3 is 4.42 Å². The highest BCUT2D eigenvalue weighted by molar-refractivity contribution is 7.26. The van der Waals surface area contributed by atoms with Gasteiger partial charge in [-0.05, 0) is 47.5 Å². The van der Waals surface area contributed by atoms with Crippen molar-refractivity contribution in [2.75, 3.05) is 0 Å². The summed E-state index contributed by atoms with van der Waals surface area (Å²) in [7, 11) is 0. The number of thiophene rings is 1. The Morgan fingerprint density at radius 2 is 1.31 bits per heavy atom. The molecule has 4 aromatic heterocycles. The van der Waals surface area contributed by atoms with Crippen LogP contribution in [-0.2, 0) is 0 Å². The van der Waals surface area contributed by atoms with Gasteiger partial charge in [0.05, 0.1) is 26.1 Å². The van der Waals surface area contributed by atoms with Crippen molar-refractivity contribution in [2.24, 2.45) is 0 Å². The van der Waals surface area contributed by atoms with Crippen molar-refractivity contribution in [3.05, 3.63) is 157 Å². The molecule has 11 rings (SSSR count). The maximum absolute atomic E-state index is 9.59. The Kier molecular flexibility index (Phi) is 4.19. The molecular weight excluding hydrogens is 645 g/mol. The van der Waals surface area contributed by atoms with Crippen molar-refractivity contribution < 1.29 is 19.5 Å². The Balaban J connectivity index is 1.26. The molecule has 51 heavy (non-hydrogen) atoms. The van der Waals surface area contributed by atoms with Gasteiger partial charge in [0.25, 0.3) is 0 Å². The quantitative estimate of drug-likeness (QED) is 0.185. The number of para-hydroxylation sites is 1. The number of fused-ring (bicyclic) bond motifs is 10. The van der Waals surface area contributed by atoms with Gasteiger partial charge in [-0.25, -0.2) is 4.98 Å². The van der Waals surface area contributed by atoms with E-state index < -0.39 is 60.4 Å². The summed E-state index contributed by atoms with van der Waals surface area (Å²) in [6.45, 7) is 0. The zero-order valence-corrected chi connectivity index (χ0v) is 27.1. The molecule has 5 nitrogen and oxygen atoms in total. The van der Waals surface area contributed by atoms with Crippen molar-refractivity contribution in [3.8, 4) is 39.9 Å². The van der Waals surface area contributed by atoms with Gasteiger partial charge in [0, 0.05) is 52.8 Å². The molecule has 6 heteroatoms. The lowest BCUT2D eigenvalue weighted by molar-refractivity contribution is 0.669. The van der Waals surface area contributed by atoms with E-state index in [-0.39, 0.29) is 62.3 Å². The number of hydrogen-bond acceptors (Lipinski definition) is 5. The first-order valence-electron chi connectivity index (χ1n) is 21.6. The van der Waals surface area contributed by atoms with Crippen molar-refractivity contribution in [3.63, 3.8) is 0 Å². The summed E-state index contributed by atoms with van der Waals surface area (Å²) in [5.74, 6) is -0.687. The van der Waals surface area contributed by atoms with E-state index in [9.17, 15) is 4.11 Å². The van der Waals surface area contributed by atoms with Crippen LogP contribution in [0.1, 0.15) is 15.1 Å². The molecule has 7 aromatic carbocycles. The van der Waals surface area contributed by atoms with Crippen molar-refractivity contribution in [1.82, 2.24) is 19.5 Å². The van der Waals surface area contributed by atoms with Crippen molar-refractivity contribution >= 4 is 75.3 Å². The van der Waals surface area contributed by atoms with Crippen LogP contribution >= 0.6 is 11.3 Å². The lowest BCUT2D eigenvalue weighted by atomic mass is 9.99. The van der Waals surface area contributed by atoms with Crippen LogP contribution in [0.3, 0.4) is 0 Å². The summed E-state index contributed by atoms with van der Waals surface area (Å²) >= 11 is 1.64. The van der Waals surface area contributed by atoms with E-state index in [1.807, 2.05) is 48.5 Å². The van der Waals surface area contributed by atoms with Crippen LogP contribution in [0.25, 0.3) is 104 Å². The van der Waals surface area contributed by atoms with E-state index >= 15 is 0 Å². The Labute approximate surface area is 311 Å². The molecule has 0 aliphatic carbocycles. The number of nitrogens with zero attached hydrogens (tertiary/aromatic N) is 4. The molecule has 0 atom stereocenters. The van der Waals surface area contributed by atoms with Gasteiger partial charge in [0.2, 0.25) is 5.95 Å². The first-order valence-corrected chi connectivity index (χ1v) is 16.9. The average molecular weight is 682 g/mol. The molecule has 0 aliphatic rings. The van der Waals surface area contributed by atoms with E-state index in [1.54, 1.807) is 46.2 Å². The molecule has 0 amide bonds. The normalized spacial score (nSPS) is 14.9. The number of hydrogen-bond donors (Lipinski definition) is 0. The van der Waals surface area contributed by atoms with Crippen molar-refractivity contribution in [1.29, 1.82) is 0 Å². The van der Waals surface area contributed by atoms with Crippen molar-refractivity contribution in [2.45, 2.75) is 0 Å². The lowest BCUT2D eigenvalue weighted by Crippen LogP contribution is -2.06. The van der Waals surface area contributed by atoms with Crippen LogP contribution in [0.4, 0.5) is 0 Å².